The van der Waals surface area contributed by atoms with Crippen molar-refractivity contribution < 1.29 is 4.74 Å². The van der Waals surface area contributed by atoms with Gasteiger partial charge in [-0.15, -0.1) is 0 Å². The first kappa shape index (κ1) is 7.60. The summed E-state index contributed by atoms with van der Waals surface area (Å²) < 4.78 is 5.97. The Morgan fingerprint density at radius 2 is 1.00 bits per heavy atom. The third-order valence-corrected chi connectivity index (χ3v) is 2.99. The third-order valence-electron chi connectivity index (χ3n) is 2.99. The summed E-state index contributed by atoms with van der Waals surface area (Å²) in [6.45, 7) is 0. The first-order valence-corrected chi connectivity index (χ1v) is 5.10. The highest BCUT2D eigenvalue weighted by atomic mass is 16.5. The molecule has 0 aliphatic heterocycles. The lowest BCUT2D eigenvalue weighted by Crippen LogP contribution is -2.16. The molecule has 2 fully saturated rings. The van der Waals surface area contributed by atoms with Gasteiger partial charge in [0.25, 0.3) is 0 Å². The average Bonchev–Trinajstić information content (AvgIpc) is 2.60. The minimum atomic E-state index is 0.637. The minimum absolute atomic E-state index is 0.637. The van der Waals surface area contributed by atoms with Crippen molar-refractivity contribution in [3.63, 3.8) is 0 Å². The van der Waals surface area contributed by atoms with Crippen LogP contribution in [0, 0.1) is 0 Å². The molecule has 0 amide bonds. The molecule has 2 aliphatic rings. The van der Waals surface area contributed by atoms with Crippen LogP contribution in [0.3, 0.4) is 0 Å². The molecule has 64 valence electrons. The molecule has 0 atom stereocenters. The van der Waals surface area contributed by atoms with Gasteiger partial charge in [-0.1, -0.05) is 25.7 Å². The minimum Gasteiger partial charge on any atom is -0.375 e. The summed E-state index contributed by atoms with van der Waals surface area (Å²) >= 11 is 0. The van der Waals surface area contributed by atoms with Crippen molar-refractivity contribution in [3.05, 3.63) is 0 Å². The van der Waals surface area contributed by atoms with Crippen LogP contribution in [-0.4, -0.2) is 12.2 Å². The average molecular weight is 154 g/mol. The van der Waals surface area contributed by atoms with Gasteiger partial charge in [-0.2, -0.15) is 0 Å². The molecule has 0 aromatic rings. The maximum Gasteiger partial charge on any atom is 0.0578 e. The van der Waals surface area contributed by atoms with E-state index in [0.717, 1.165) is 0 Å². The Hall–Kier alpha value is -0.0400. The molecule has 0 unspecified atom stereocenters. The van der Waals surface area contributed by atoms with Crippen LogP contribution in [0.5, 0.6) is 0 Å². The maximum atomic E-state index is 5.97. The summed E-state index contributed by atoms with van der Waals surface area (Å²) in [6.07, 6.45) is 12.2. The molecule has 2 rings (SSSR count). The van der Waals surface area contributed by atoms with E-state index in [9.17, 15) is 0 Å². The summed E-state index contributed by atoms with van der Waals surface area (Å²) in [7, 11) is 0. The Bertz CT molecular complexity index is 96.0. The predicted octanol–water partition coefficient (Wildman–Crippen LogP) is 2.89. The lowest BCUT2D eigenvalue weighted by atomic mass is 10.2. The Labute approximate surface area is 69.1 Å². The van der Waals surface area contributed by atoms with E-state index < -0.39 is 0 Å². The molecule has 11 heavy (non-hydrogen) atoms. The smallest absolute Gasteiger partial charge is 0.0578 e. The van der Waals surface area contributed by atoms with E-state index in [-0.39, 0.29) is 0 Å². The normalized spacial score (nSPS) is 28.4. The maximum absolute atomic E-state index is 5.97. The van der Waals surface area contributed by atoms with Crippen LogP contribution in [0.15, 0.2) is 0 Å². The molecular weight excluding hydrogens is 136 g/mol. The standard InChI is InChI=1S/C10H18O/c1-2-6-9(5-1)11-10-7-3-4-8-10/h9-10H,1-8H2. The molecule has 0 aromatic heterocycles. The van der Waals surface area contributed by atoms with Crippen LogP contribution in [0.2, 0.25) is 0 Å². The third kappa shape index (κ3) is 1.96. The van der Waals surface area contributed by atoms with E-state index in [2.05, 4.69) is 0 Å². The summed E-state index contributed by atoms with van der Waals surface area (Å²) in [5.41, 5.74) is 0. The highest BCUT2D eigenvalue weighted by Gasteiger charge is 2.22. The Morgan fingerprint density at radius 3 is 1.36 bits per heavy atom. The number of hydrogen-bond acceptors (Lipinski definition) is 1. The van der Waals surface area contributed by atoms with E-state index in [0.29, 0.717) is 12.2 Å². The molecule has 0 bridgehead atoms. The van der Waals surface area contributed by atoms with Crippen LogP contribution >= 0.6 is 0 Å². The van der Waals surface area contributed by atoms with Crippen molar-refractivity contribution in [1.82, 2.24) is 0 Å². The summed E-state index contributed by atoms with van der Waals surface area (Å²) in [4.78, 5) is 0. The molecule has 0 N–H and O–H groups in total. The van der Waals surface area contributed by atoms with Crippen LogP contribution in [0.4, 0.5) is 0 Å². The van der Waals surface area contributed by atoms with Gasteiger partial charge < -0.3 is 4.74 Å². The Morgan fingerprint density at radius 1 is 0.636 bits per heavy atom. The summed E-state index contributed by atoms with van der Waals surface area (Å²) in [5.74, 6) is 0. The Balaban J connectivity index is 1.71. The molecule has 2 saturated carbocycles. The van der Waals surface area contributed by atoms with Crippen LogP contribution in [0.1, 0.15) is 51.4 Å². The van der Waals surface area contributed by atoms with Crippen molar-refractivity contribution in [2.45, 2.75) is 63.6 Å². The molecule has 1 nitrogen and oxygen atoms in total. The second-order valence-corrected chi connectivity index (χ2v) is 3.95. The molecule has 0 heterocycles. The van der Waals surface area contributed by atoms with E-state index in [4.69, 9.17) is 4.74 Å². The zero-order valence-corrected chi connectivity index (χ0v) is 7.22. The fourth-order valence-electron chi connectivity index (χ4n) is 2.32. The molecule has 0 saturated heterocycles. The van der Waals surface area contributed by atoms with Gasteiger partial charge in [-0.05, 0) is 25.7 Å². The number of hydrogen-bond donors (Lipinski definition) is 0. The number of rotatable bonds is 2. The van der Waals surface area contributed by atoms with Crippen LogP contribution < -0.4 is 0 Å². The zero-order chi connectivity index (χ0) is 7.52. The van der Waals surface area contributed by atoms with Crippen molar-refractivity contribution in [3.8, 4) is 0 Å². The van der Waals surface area contributed by atoms with Gasteiger partial charge in [0.15, 0.2) is 0 Å². The largest absolute Gasteiger partial charge is 0.375 e. The van der Waals surface area contributed by atoms with Gasteiger partial charge in [-0.25, -0.2) is 0 Å². The van der Waals surface area contributed by atoms with Gasteiger partial charge in [0.1, 0.15) is 0 Å². The van der Waals surface area contributed by atoms with Crippen molar-refractivity contribution in [1.29, 1.82) is 0 Å². The van der Waals surface area contributed by atoms with E-state index in [1.807, 2.05) is 0 Å². The molecular formula is C10H18O. The zero-order valence-electron chi connectivity index (χ0n) is 7.22. The monoisotopic (exact) mass is 154 g/mol. The first-order valence-electron chi connectivity index (χ1n) is 5.10. The van der Waals surface area contributed by atoms with Gasteiger partial charge in [-0.3, -0.25) is 0 Å². The van der Waals surface area contributed by atoms with Crippen molar-refractivity contribution in [2.75, 3.05) is 0 Å². The van der Waals surface area contributed by atoms with Gasteiger partial charge in [0.2, 0.25) is 0 Å². The number of ether oxygens (including phenoxy) is 1. The second kappa shape index (κ2) is 3.57. The van der Waals surface area contributed by atoms with Gasteiger partial charge in [0.05, 0.1) is 12.2 Å². The SMILES string of the molecule is C1CCC(OC2CCCC2)C1. The fraction of sp³-hybridized carbons (Fsp3) is 1.00. The fourth-order valence-corrected chi connectivity index (χ4v) is 2.32. The van der Waals surface area contributed by atoms with Crippen LogP contribution in [0.25, 0.3) is 0 Å². The lowest BCUT2D eigenvalue weighted by Gasteiger charge is -2.16. The van der Waals surface area contributed by atoms with E-state index >= 15 is 0 Å². The predicted molar refractivity (Wildman–Crippen MR) is 45.6 cm³/mol. The van der Waals surface area contributed by atoms with E-state index in [1.165, 1.54) is 51.4 Å². The van der Waals surface area contributed by atoms with Crippen molar-refractivity contribution in [2.24, 2.45) is 0 Å². The quantitative estimate of drug-likeness (QED) is 0.594. The lowest BCUT2D eigenvalue weighted by molar-refractivity contribution is -0.00353. The second-order valence-electron chi connectivity index (χ2n) is 3.95. The van der Waals surface area contributed by atoms with Gasteiger partial charge >= 0.3 is 0 Å². The molecule has 0 radical (unpaired) electrons. The Kier molecular flexibility index (Phi) is 2.47. The topological polar surface area (TPSA) is 9.23 Å². The summed E-state index contributed by atoms with van der Waals surface area (Å²) in [6, 6.07) is 0. The highest BCUT2D eigenvalue weighted by Crippen LogP contribution is 2.28. The highest BCUT2D eigenvalue weighted by molar-refractivity contribution is 4.73. The molecule has 0 aromatic carbocycles. The van der Waals surface area contributed by atoms with E-state index in [1.54, 1.807) is 0 Å². The molecule has 0 spiro atoms. The van der Waals surface area contributed by atoms with Crippen molar-refractivity contribution >= 4 is 0 Å². The molecule has 1 heteroatoms. The van der Waals surface area contributed by atoms with Crippen LogP contribution in [-0.2, 0) is 4.74 Å². The molecule has 2 aliphatic carbocycles. The summed E-state index contributed by atoms with van der Waals surface area (Å²) in [5, 5.41) is 0. The van der Waals surface area contributed by atoms with Gasteiger partial charge in [0, 0.05) is 0 Å². The first-order chi connectivity index (χ1) is 5.45.